The second-order valence-electron chi connectivity index (χ2n) is 7.30. The van der Waals surface area contributed by atoms with Crippen molar-refractivity contribution in [2.75, 3.05) is 6.61 Å². The zero-order valence-corrected chi connectivity index (χ0v) is 14.6. The lowest BCUT2D eigenvalue weighted by Gasteiger charge is -2.33. The Balaban J connectivity index is 1.93. The van der Waals surface area contributed by atoms with E-state index in [1.807, 2.05) is 24.3 Å². The summed E-state index contributed by atoms with van der Waals surface area (Å²) >= 11 is 0. The van der Waals surface area contributed by atoms with Gasteiger partial charge in [-0.3, -0.25) is 4.79 Å². The van der Waals surface area contributed by atoms with E-state index in [0.29, 0.717) is 12.5 Å². The van der Waals surface area contributed by atoms with Gasteiger partial charge in [-0.05, 0) is 43.7 Å². The van der Waals surface area contributed by atoms with Gasteiger partial charge in [-0.15, -0.1) is 0 Å². The lowest BCUT2D eigenvalue weighted by atomic mass is 9.87. The minimum absolute atomic E-state index is 0.0151. The molecule has 2 atom stereocenters. The topological polar surface area (TPSA) is 58.6 Å². The summed E-state index contributed by atoms with van der Waals surface area (Å²) in [4.78, 5) is 12.5. The molecular formula is C19H29NO3. The molecule has 0 bridgehead atoms. The zero-order chi connectivity index (χ0) is 17.0. The van der Waals surface area contributed by atoms with Crippen LogP contribution in [0.25, 0.3) is 0 Å². The van der Waals surface area contributed by atoms with Crippen molar-refractivity contribution in [2.24, 2.45) is 11.8 Å². The lowest BCUT2D eigenvalue weighted by Crippen LogP contribution is -2.43. The fraction of sp³-hybridized carbons (Fsp3) is 0.632. The normalized spacial score (nSPS) is 22.2. The highest BCUT2D eigenvalue weighted by atomic mass is 16.5. The van der Waals surface area contributed by atoms with E-state index < -0.39 is 5.60 Å². The summed E-state index contributed by atoms with van der Waals surface area (Å²) in [6.45, 7) is 8.99. The summed E-state index contributed by atoms with van der Waals surface area (Å²) in [5.41, 5.74) is 1.06. The lowest BCUT2D eigenvalue weighted by molar-refractivity contribution is -0.137. The number of carbonyl (C=O) groups is 1. The Morgan fingerprint density at radius 2 is 2.00 bits per heavy atom. The Kier molecular flexibility index (Phi) is 5.82. The predicted octanol–water partition coefficient (Wildman–Crippen LogP) is 2.98. The van der Waals surface area contributed by atoms with Crippen molar-refractivity contribution in [1.29, 1.82) is 0 Å². The molecule has 1 aromatic rings. The van der Waals surface area contributed by atoms with E-state index in [-0.39, 0.29) is 17.9 Å². The van der Waals surface area contributed by atoms with E-state index in [4.69, 9.17) is 4.74 Å². The van der Waals surface area contributed by atoms with Crippen molar-refractivity contribution < 1.29 is 14.6 Å². The van der Waals surface area contributed by atoms with Crippen LogP contribution in [0.15, 0.2) is 24.3 Å². The third kappa shape index (κ3) is 4.79. The molecule has 0 radical (unpaired) electrons. The first kappa shape index (κ1) is 18.0. The Morgan fingerprint density at radius 3 is 2.57 bits per heavy atom. The zero-order valence-electron chi connectivity index (χ0n) is 14.6. The van der Waals surface area contributed by atoms with E-state index in [1.165, 1.54) is 0 Å². The molecule has 4 nitrogen and oxygen atoms in total. The van der Waals surface area contributed by atoms with Crippen LogP contribution >= 0.6 is 0 Å². The summed E-state index contributed by atoms with van der Waals surface area (Å²) in [7, 11) is 0. The quantitative estimate of drug-likeness (QED) is 0.877. The Labute approximate surface area is 139 Å². The number of nitrogens with one attached hydrogen (secondary N) is 1. The van der Waals surface area contributed by atoms with Crippen molar-refractivity contribution in [3.05, 3.63) is 35.4 Å². The smallest absolute Gasteiger partial charge is 0.226 e. The van der Waals surface area contributed by atoms with Crippen molar-refractivity contribution in [3.63, 3.8) is 0 Å². The van der Waals surface area contributed by atoms with Crippen LogP contribution in [0.5, 0.6) is 0 Å². The molecule has 2 N–H and O–H groups in total. The summed E-state index contributed by atoms with van der Waals surface area (Å²) in [6, 6.07) is 7.71. The molecule has 1 fully saturated rings. The van der Waals surface area contributed by atoms with Crippen LogP contribution in [0.1, 0.15) is 51.7 Å². The number of aliphatic hydroxyl groups is 1. The van der Waals surface area contributed by atoms with Gasteiger partial charge in [0.25, 0.3) is 0 Å². The fourth-order valence-corrected chi connectivity index (χ4v) is 3.09. The minimum Gasteiger partial charge on any atom is -0.386 e. The fourth-order valence-electron chi connectivity index (χ4n) is 3.09. The molecule has 23 heavy (non-hydrogen) atoms. The second kappa shape index (κ2) is 7.45. The minimum atomic E-state index is -0.842. The molecule has 1 heterocycles. The van der Waals surface area contributed by atoms with Crippen LogP contribution in [-0.2, 0) is 21.7 Å². The summed E-state index contributed by atoms with van der Waals surface area (Å²) in [5.74, 6) is 0.367. The first-order chi connectivity index (χ1) is 10.8. The van der Waals surface area contributed by atoms with E-state index in [1.54, 1.807) is 13.8 Å². The Morgan fingerprint density at radius 1 is 1.35 bits per heavy atom. The maximum Gasteiger partial charge on any atom is 0.226 e. The molecule has 0 unspecified atom stereocenters. The predicted molar refractivity (Wildman–Crippen MR) is 90.8 cm³/mol. The highest BCUT2D eigenvalue weighted by molar-refractivity contribution is 5.79. The highest BCUT2D eigenvalue weighted by Gasteiger charge is 2.33. The van der Waals surface area contributed by atoms with Crippen LogP contribution in [0.3, 0.4) is 0 Å². The number of benzene rings is 1. The molecule has 0 aromatic heterocycles. The van der Waals surface area contributed by atoms with E-state index in [2.05, 4.69) is 19.2 Å². The van der Waals surface area contributed by atoms with Gasteiger partial charge in [-0.25, -0.2) is 0 Å². The molecule has 0 aliphatic carbocycles. The molecule has 0 saturated carbocycles. The monoisotopic (exact) mass is 319 g/mol. The van der Waals surface area contributed by atoms with Crippen LogP contribution in [-0.4, -0.2) is 23.7 Å². The summed E-state index contributed by atoms with van der Waals surface area (Å²) in [6.07, 6.45) is 1.86. The SMILES string of the molecule is CC(C)[C@@H]1OCCC[C@@H]1C(=O)NCc1ccc(C(C)(C)O)cc1. The van der Waals surface area contributed by atoms with E-state index in [9.17, 15) is 9.90 Å². The first-order valence-electron chi connectivity index (χ1n) is 8.50. The Bertz CT molecular complexity index is 516. The summed E-state index contributed by atoms with van der Waals surface area (Å²) in [5, 5.41) is 13.0. The summed E-state index contributed by atoms with van der Waals surface area (Å²) < 4.78 is 5.79. The standard InChI is InChI=1S/C19H29NO3/c1-13(2)17-16(6-5-11-23-17)18(21)20-12-14-7-9-15(10-8-14)19(3,4)22/h7-10,13,16-17,22H,5-6,11-12H2,1-4H3,(H,20,21)/t16-,17-/m0/s1. The van der Waals surface area contributed by atoms with Crippen LogP contribution in [0.4, 0.5) is 0 Å². The van der Waals surface area contributed by atoms with Crippen molar-refractivity contribution in [3.8, 4) is 0 Å². The van der Waals surface area contributed by atoms with Crippen molar-refractivity contribution in [1.82, 2.24) is 5.32 Å². The molecule has 0 spiro atoms. The van der Waals surface area contributed by atoms with Crippen molar-refractivity contribution in [2.45, 2.75) is 58.8 Å². The van der Waals surface area contributed by atoms with E-state index >= 15 is 0 Å². The second-order valence-corrected chi connectivity index (χ2v) is 7.30. The third-order valence-corrected chi connectivity index (χ3v) is 4.49. The molecule has 1 aliphatic heterocycles. The van der Waals surface area contributed by atoms with Gasteiger partial charge in [0.15, 0.2) is 0 Å². The van der Waals surface area contributed by atoms with Crippen LogP contribution < -0.4 is 5.32 Å². The molecule has 1 saturated heterocycles. The average Bonchev–Trinajstić information content (AvgIpc) is 2.52. The number of amides is 1. The number of ether oxygens (including phenoxy) is 1. The van der Waals surface area contributed by atoms with Crippen molar-refractivity contribution >= 4 is 5.91 Å². The highest BCUT2D eigenvalue weighted by Crippen LogP contribution is 2.26. The van der Waals surface area contributed by atoms with Crippen LogP contribution in [0, 0.1) is 11.8 Å². The van der Waals surface area contributed by atoms with Gasteiger partial charge >= 0.3 is 0 Å². The third-order valence-electron chi connectivity index (χ3n) is 4.49. The van der Waals surface area contributed by atoms with Gasteiger partial charge in [0.05, 0.1) is 17.6 Å². The Hall–Kier alpha value is -1.39. The van der Waals surface area contributed by atoms with E-state index in [0.717, 1.165) is 30.6 Å². The number of hydrogen-bond acceptors (Lipinski definition) is 3. The largest absolute Gasteiger partial charge is 0.386 e. The molecule has 4 heteroatoms. The molecule has 1 amide bonds. The average molecular weight is 319 g/mol. The molecule has 2 rings (SSSR count). The number of hydrogen-bond donors (Lipinski definition) is 2. The maximum atomic E-state index is 12.5. The maximum absolute atomic E-state index is 12.5. The molecule has 1 aromatic carbocycles. The van der Waals surface area contributed by atoms with Gasteiger partial charge in [0.2, 0.25) is 5.91 Å². The van der Waals surface area contributed by atoms with Gasteiger partial charge < -0.3 is 15.2 Å². The molecule has 128 valence electrons. The number of carbonyl (C=O) groups excluding carboxylic acids is 1. The van der Waals surface area contributed by atoms with Gasteiger partial charge in [-0.2, -0.15) is 0 Å². The number of rotatable bonds is 5. The molecule has 1 aliphatic rings. The molecular weight excluding hydrogens is 290 g/mol. The van der Waals surface area contributed by atoms with Crippen LogP contribution in [0.2, 0.25) is 0 Å². The first-order valence-corrected chi connectivity index (χ1v) is 8.50. The van der Waals surface area contributed by atoms with Gasteiger partial charge in [0, 0.05) is 13.2 Å². The van der Waals surface area contributed by atoms with Gasteiger partial charge in [0.1, 0.15) is 0 Å². The van der Waals surface area contributed by atoms with Gasteiger partial charge in [-0.1, -0.05) is 38.1 Å².